The second-order valence-corrected chi connectivity index (χ2v) is 12.7. The molecule has 1 aliphatic rings. The van der Waals surface area contributed by atoms with Gasteiger partial charge in [0.2, 0.25) is 23.0 Å². The molecule has 11 heteroatoms. The zero-order valence-electron chi connectivity index (χ0n) is 29.2. The molecule has 260 valence electrons. The van der Waals surface area contributed by atoms with E-state index in [0.29, 0.717) is 55.0 Å². The van der Waals surface area contributed by atoms with E-state index >= 15 is 0 Å². The maximum absolute atomic E-state index is 13.9. The lowest BCUT2D eigenvalue weighted by Gasteiger charge is -2.20. The second kappa shape index (κ2) is 15.4. The van der Waals surface area contributed by atoms with Gasteiger partial charge in [0.15, 0.2) is 11.5 Å². The first-order chi connectivity index (χ1) is 23.6. The Morgan fingerprint density at radius 3 is 2.41 bits per heavy atom. The van der Waals surface area contributed by atoms with Gasteiger partial charge in [-0.3, -0.25) is 14.4 Å². The van der Waals surface area contributed by atoms with E-state index in [4.69, 9.17) is 18.9 Å². The number of aromatic amines is 1. The lowest BCUT2D eigenvalue weighted by Crippen LogP contribution is -2.42. The number of hydrogen-bond donors (Lipinski definition) is 4. The van der Waals surface area contributed by atoms with Crippen molar-refractivity contribution in [1.29, 1.82) is 0 Å². The Morgan fingerprint density at radius 2 is 1.73 bits per heavy atom. The number of carbonyl (C=O) groups excluding carboxylic acids is 2. The molecule has 4 aromatic rings. The van der Waals surface area contributed by atoms with E-state index in [1.54, 1.807) is 40.6 Å². The summed E-state index contributed by atoms with van der Waals surface area (Å²) < 4.78 is 22.6. The number of benzene rings is 2. The fraction of sp³-hybridized carbons (Fsp3) is 0.395. The van der Waals surface area contributed by atoms with Crippen LogP contribution in [0.4, 0.5) is 5.69 Å². The Labute approximate surface area is 286 Å². The highest BCUT2D eigenvalue weighted by atomic mass is 16.5. The number of hydrogen-bond acceptors (Lipinski definition) is 8. The van der Waals surface area contributed by atoms with Crippen molar-refractivity contribution in [2.45, 2.75) is 58.5 Å². The summed E-state index contributed by atoms with van der Waals surface area (Å²) in [4.78, 5) is 43.1. The maximum atomic E-state index is 13.9. The van der Waals surface area contributed by atoms with Gasteiger partial charge in [-0.2, -0.15) is 0 Å². The maximum Gasteiger partial charge on any atom is 0.242 e. The van der Waals surface area contributed by atoms with Gasteiger partial charge in [0.05, 0.1) is 40.2 Å². The molecular formula is C38H46N4O7. The summed E-state index contributed by atoms with van der Waals surface area (Å²) in [5, 5.41) is 10.4. The number of nitrogens with one attached hydrogen (secondary N) is 4. The number of H-pyrrole nitrogens is 1. The minimum Gasteiger partial charge on any atom is -0.497 e. The van der Waals surface area contributed by atoms with Crippen LogP contribution < -0.4 is 40.3 Å². The van der Waals surface area contributed by atoms with Crippen molar-refractivity contribution >= 4 is 28.4 Å². The molecule has 2 unspecified atom stereocenters. The highest BCUT2D eigenvalue weighted by Gasteiger charge is 2.30. The Hall–Kier alpha value is -5.19. The summed E-state index contributed by atoms with van der Waals surface area (Å²) in [6.45, 7) is 5.95. The van der Waals surface area contributed by atoms with Gasteiger partial charge >= 0.3 is 0 Å². The first kappa shape index (κ1) is 35.1. The van der Waals surface area contributed by atoms with Crippen LogP contribution in [-0.2, 0) is 22.4 Å². The summed E-state index contributed by atoms with van der Waals surface area (Å²) in [6.07, 6.45) is 4.22. The summed E-state index contributed by atoms with van der Waals surface area (Å²) >= 11 is 0. The largest absolute Gasteiger partial charge is 0.497 e. The smallest absolute Gasteiger partial charge is 0.242 e. The molecular weight excluding hydrogens is 624 g/mol. The van der Waals surface area contributed by atoms with Crippen LogP contribution in [0.15, 0.2) is 53.5 Å². The zero-order chi connectivity index (χ0) is 35.2. The van der Waals surface area contributed by atoms with E-state index in [1.165, 1.54) is 6.92 Å². The molecule has 0 bridgehead atoms. The van der Waals surface area contributed by atoms with E-state index in [-0.39, 0.29) is 28.8 Å². The molecule has 5 rings (SSSR count). The van der Waals surface area contributed by atoms with Gasteiger partial charge in [-0.15, -0.1) is 0 Å². The molecule has 1 aliphatic carbocycles. The molecule has 2 amide bonds. The van der Waals surface area contributed by atoms with Crippen molar-refractivity contribution in [3.63, 3.8) is 0 Å². The first-order valence-electron chi connectivity index (χ1n) is 16.5. The molecule has 4 N–H and O–H groups in total. The van der Waals surface area contributed by atoms with E-state index in [0.717, 1.165) is 38.9 Å². The van der Waals surface area contributed by atoms with E-state index in [1.807, 2.05) is 50.4 Å². The molecule has 0 fully saturated rings. The third-order valence-corrected chi connectivity index (χ3v) is 8.94. The Bertz CT molecular complexity index is 1900. The van der Waals surface area contributed by atoms with Crippen LogP contribution in [-0.4, -0.2) is 57.8 Å². The minimum atomic E-state index is -0.657. The average Bonchev–Trinajstić information content (AvgIpc) is 3.34. The number of carbonyl (C=O) groups is 2. The molecule has 2 atom stereocenters. The number of rotatable bonds is 13. The molecule has 49 heavy (non-hydrogen) atoms. The standard InChI is InChI=1S/C38H46N4O7/c1-21(2)16-32(38(45)39-15-14-24-20-40-29-12-9-25(46-4)18-27(24)29)42-31-13-10-26-28(19-33(31)44)30(41-22(3)43)11-8-23-17-34(47-5)36(48-6)37(49-7)35(23)26/h9-10,12-13,17-21,30,32,40H,8,11,14-16H2,1-7H3,(H,39,45)(H,41,43)(H,42,44). The number of methoxy groups -OCH3 is 4. The molecule has 1 aromatic heterocycles. The van der Waals surface area contributed by atoms with Crippen molar-refractivity contribution in [2.75, 3.05) is 40.3 Å². The van der Waals surface area contributed by atoms with Gasteiger partial charge in [0.1, 0.15) is 11.8 Å². The topological polar surface area (TPSA) is 140 Å². The van der Waals surface area contributed by atoms with Gasteiger partial charge < -0.3 is 39.9 Å². The van der Waals surface area contributed by atoms with Gasteiger partial charge in [-0.1, -0.05) is 19.9 Å². The van der Waals surface area contributed by atoms with Crippen LogP contribution in [0.2, 0.25) is 0 Å². The van der Waals surface area contributed by atoms with Gasteiger partial charge in [0, 0.05) is 36.1 Å². The molecule has 11 nitrogen and oxygen atoms in total. The summed E-state index contributed by atoms with van der Waals surface area (Å²) in [7, 11) is 6.31. The Kier molecular flexibility index (Phi) is 11.0. The number of aromatic nitrogens is 1. The van der Waals surface area contributed by atoms with Crippen LogP contribution in [0.25, 0.3) is 22.0 Å². The van der Waals surface area contributed by atoms with Crippen LogP contribution in [0.1, 0.15) is 56.3 Å². The SMILES string of the molecule is COc1ccc2[nH]cc(CCNC(=O)C(CC(C)C)Nc3ccc4c(cc3=O)C(NC(C)=O)CCc3cc(OC)c(OC)c(OC)c3-4)c2c1. The molecule has 0 saturated heterocycles. The molecule has 0 aliphatic heterocycles. The van der Waals surface area contributed by atoms with E-state index in [2.05, 4.69) is 20.9 Å². The lowest BCUT2D eigenvalue weighted by molar-refractivity contribution is -0.122. The number of anilines is 1. The molecule has 1 heterocycles. The number of ether oxygens (including phenoxy) is 4. The van der Waals surface area contributed by atoms with Crippen LogP contribution in [0.5, 0.6) is 23.0 Å². The van der Waals surface area contributed by atoms with Gasteiger partial charge in [-0.05, 0) is 90.3 Å². The lowest BCUT2D eigenvalue weighted by atomic mass is 9.95. The van der Waals surface area contributed by atoms with Crippen molar-refractivity contribution in [3.8, 4) is 34.1 Å². The van der Waals surface area contributed by atoms with Crippen LogP contribution in [0, 0.1) is 5.92 Å². The second-order valence-electron chi connectivity index (χ2n) is 12.7. The number of amides is 2. The quantitative estimate of drug-likeness (QED) is 0.146. The van der Waals surface area contributed by atoms with Crippen molar-refractivity contribution in [1.82, 2.24) is 15.6 Å². The fourth-order valence-corrected chi connectivity index (χ4v) is 6.65. The van der Waals surface area contributed by atoms with E-state index in [9.17, 15) is 14.4 Å². The predicted molar refractivity (Wildman–Crippen MR) is 191 cm³/mol. The number of aryl methyl sites for hydroxylation is 1. The van der Waals surface area contributed by atoms with Gasteiger partial charge in [-0.25, -0.2) is 0 Å². The van der Waals surface area contributed by atoms with Crippen LogP contribution >= 0.6 is 0 Å². The number of fused-ring (bicyclic) bond motifs is 4. The van der Waals surface area contributed by atoms with Crippen molar-refractivity contribution in [2.24, 2.45) is 5.92 Å². The van der Waals surface area contributed by atoms with E-state index < -0.39 is 12.1 Å². The average molecular weight is 671 g/mol. The zero-order valence-corrected chi connectivity index (χ0v) is 29.2. The summed E-state index contributed by atoms with van der Waals surface area (Å²) in [6, 6.07) is 11.8. The third kappa shape index (κ3) is 7.61. The summed E-state index contributed by atoms with van der Waals surface area (Å²) in [5.41, 5.74) is 5.11. The summed E-state index contributed by atoms with van der Waals surface area (Å²) in [5.74, 6) is 1.97. The molecule has 3 aromatic carbocycles. The van der Waals surface area contributed by atoms with Crippen LogP contribution in [0.3, 0.4) is 0 Å². The monoisotopic (exact) mass is 670 g/mol. The predicted octanol–water partition coefficient (Wildman–Crippen LogP) is 5.54. The molecule has 0 radical (unpaired) electrons. The normalized spacial score (nSPS) is 14.2. The Balaban J connectivity index is 1.48. The Morgan fingerprint density at radius 1 is 0.959 bits per heavy atom. The molecule has 0 spiro atoms. The third-order valence-electron chi connectivity index (χ3n) is 8.94. The fourth-order valence-electron chi connectivity index (χ4n) is 6.65. The van der Waals surface area contributed by atoms with Crippen molar-refractivity contribution in [3.05, 3.63) is 75.6 Å². The highest BCUT2D eigenvalue weighted by Crippen LogP contribution is 2.50. The van der Waals surface area contributed by atoms with Crippen molar-refractivity contribution < 1.29 is 28.5 Å². The van der Waals surface area contributed by atoms with Gasteiger partial charge in [0.25, 0.3) is 0 Å². The molecule has 0 saturated carbocycles. The minimum absolute atomic E-state index is 0.177. The first-order valence-corrected chi connectivity index (χ1v) is 16.5. The highest BCUT2D eigenvalue weighted by molar-refractivity contribution is 5.87.